The number of benzene rings is 6. The summed E-state index contributed by atoms with van der Waals surface area (Å²) in [4.78, 5) is 7.90. The number of hydrogen-bond donors (Lipinski definition) is 1. The van der Waals surface area contributed by atoms with Gasteiger partial charge in [-0.05, 0) is 57.8 Å². The molecule has 2 aliphatic rings. The molecule has 9 rings (SSSR count). The molecule has 3 nitrogen and oxygen atoms in total. The summed E-state index contributed by atoms with van der Waals surface area (Å²) in [5, 5.41) is 8.46. The molecule has 0 aliphatic carbocycles. The van der Waals surface area contributed by atoms with Crippen molar-refractivity contribution in [3.8, 4) is 11.1 Å². The van der Waals surface area contributed by atoms with E-state index < -0.39 is 0 Å². The summed E-state index contributed by atoms with van der Waals surface area (Å²) in [6, 6.07) is 47.1. The highest BCUT2D eigenvalue weighted by atomic mass is 32.2. The van der Waals surface area contributed by atoms with Crippen molar-refractivity contribution < 1.29 is 4.42 Å². The van der Waals surface area contributed by atoms with Gasteiger partial charge in [-0.15, -0.1) is 0 Å². The van der Waals surface area contributed by atoms with Crippen molar-refractivity contribution in [3.05, 3.63) is 155 Å². The van der Waals surface area contributed by atoms with Gasteiger partial charge in [0.1, 0.15) is 17.0 Å². The smallest absolute Gasteiger partial charge is 0.136 e. The number of rotatable bonds is 3. The minimum Gasteiger partial charge on any atom is -0.456 e. The summed E-state index contributed by atoms with van der Waals surface area (Å²) in [5.74, 6) is 0.865. The third-order valence-electron chi connectivity index (χ3n) is 8.33. The second-order valence-corrected chi connectivity index (χ2v) is 11.9. The molecular weight excluding hydrogens is 532 g/mol. The molecule has 4 heteroatoms. The number of amidine groups is 1. The summed E-state index contributed by atoms with van der Waals surface area (Å²) in [6.07, 6.45) is 0. The van der Waals surface area contributed by atoms with Crippen molar-refractivity contribution in [2.45, 2.75) is 10.9 Å². The molecule has 0 saturated heterocycles. The van der Waals surface area contributed by atoms with E-state index >= 15 is 0 Å². The molecule has 2 aliphatic heterocycles. The van der Waals surface area contributed by atoms with Crippen molar-refractivity contribution in [1.82, 2.24) is 5.32 Å². The van der Waals surface area contributed by atoms with Gasteiger partial charge in [-0.25, -0.2) is 4.99 Å². The molecule has 0 amide bonds. The van der Waals surface area contributed by atoms with Gasteiger partial charge in [-0.3, -0.25) is 0 Å². The molecule has 0 radical (unpaired) electrons. The zero-order valence-electron chi connectivity index (χ0n) is 22.5. The molecule has 0 fully saturated rings. The van der Waals surface area contributed by atoms with Gasteiger partial charge in [0.2, 0.25) is 0 Å². The van der Waals surface area contributed by atoms with E-state index in [-0.39, 0.29) is 6.04 Å². The summed E-state index contributed by atoms with van der Waals surface area (Å²) in [7, 11) is 0. The van der Waals surface area contributed by atoms with E-state index in [0.29, 0.717) is 0 Å². The fourth-order valence-corrected chi connectivity index (χ4v) is 7.56. The normalized spacial score (nSPS) is 16.0. The molecular formula is C38H24N2OS. The third-order valence-corrected chi connectivity index (χ3v) is 9.57. The molecule has 1 atom stereocenters. The van der Waals surface area contributed by atoms with Crippen LogP contribution in [0.25, 0.3) is 49.5 Å². The fraction of sp³-hybridized carbons (Fsp3) is 0.0263. The van der Waals surface area contributed by atoms with E-state index in [1.165, 1.54) is 31.7 Å². The van der Waals surface area contributed by atoms with Crippen LogP contribution in [-0.2, 0) is 0 Å². The van der Waals surface area contributed by atoms with Gasteiger partial charge < -0.3 is 9.73 Å². The molecule has 0 saturated carbocycles. The Morgan fingerprint density at radius 2 is 1.43 bits per heavy atom. The van der Waals surface area contributed by atoms with E-state index in [4.69, 9.17) is 9.41 Å². The van der Waals surface area contributed by atoms with Crippen molar-refractivity contribution in [2.75, 3.05) is 0 Å². The van der Waals surface area contributed by atoms with Gasteiger partial charge >= 0.3 is 0 Å². The number of nitrogens with zero attached hydrogens (tertiary/aromatic N) is 1. The van der Waals surface area contributed by atoms with Crippen LogP contribution in [0.2, 0.25) is 0 Å². The Morgan fingerprint density at radius 1 is 0.619 bits per heavy atom. The Hall–Kier alpha value is -5.06. The van der Waals surface area contributed by atoms with Crippen molar-refractivity contribution in [3.63, 3.8) is 0 Å². The maximum absolute atomic E-state index is 6.45. The molecule has 1 aromatic heterocycles. The molecule has 6 aromatic carbocycles. The highest BCUT2D eigenvalue weighted by Crippen LogP contribution is 2.52. The Bertz CT molecular complexity index is 2260. The van der Waals surface area contributed by atoms with Gasteiger partial charge in [-0.1, -0.05) is 115 Å². The first kappa shape index (κ1) is 23.6. The fourth-order valence-electron chi connectivity index (χ4n) is 6.31. The number of nitrogens with one attached hydrogen (secondary N) is 1. The second-order valence-electron chi connectivity index (χ2n) is 10.8. The lowest BCUT2D eigenvalue weighted by molar-refractivity contribution is 0.669. The van der Waals surface area contributed by atoms with E-state index in [1.54, 1.807) is 0 Å². The summed E-state index contributed by atoms with van der Waals surface area (Å²) in [5.41, 5.74) is 8.55. The topological polar surface area (TPSA) is 37.5 Å². The van der Waals surface area contributed by atoms with Crippen LogP contribution >= 0.6 is 11.8 Å². The Balaban J connectivity index is 1.24. The first-order valence-electron chi connectivity index (χ1n) is 14.2. The van der Waals surface area contributed by atoms with Crippen molar-refractivity contribution in [2.24, 2.45) is 4.99 Å². The third kappa shape index (κ3) is 3.65. The van der Waals surface area contributed by atoms with Crippen LogP contribution < -0.4 is 5.32 Å². The number of fused-ring (bicyclic) bond motifs is 7. The highest BCUT2D eigenvalue weighted by Gasteiger charge is 2.35. The number of aliphatic imine (C=N–C) groups is 1. The lowest BCUT2D eigenvalue weighted by Crippen LogP contribution is -2.32. The number of hydrogen-bond acceptors (Lipinski definition) is 4. The van der Waals surface area contributed by atoms with Crippen LogP contribution in [0.1, 0.15) is 22.7 Å². The quantitative estimate of drug-likeness (QED) is 0.235. The van der Waals surface area contributed by atoms with E-state index in [2.05, 4.69) is 133 Å². The van der Waals surface area contributed by atoms with Crippen LogP contribution in [0.4, 0.5) is 0 Å². The number of thioether (sulfide) groups is 1. The van der Waals surface area contributed by atoms with E-state index in [9.17, 15) is 0 Å². The van der Waals surface area contributed by atoms with E-state index in [0.717, 1.165) is 50.2 Å². The largest absolute Gasteiger partial charge is 0.456 e. The zero-order chi connectivity index (χ0) is 27.6. The summed E-state index contributed by atoms with van der Waals surface area (Å²) in [6.45, 7) is 0. The lowest BCUT2D eigenvalue weighted by atomic mass is 9.97. The van der Waals surface area contributed by atoms with Gasteiger partial charge in [0.15, 0.2) is 0 Å². The minimum absolute atomic E-state index is 0.0401. The lowest BCUT2D eigenvalue weighted by Gasteiger charge is -2.26. The average Bonchev–Trinajstić information content (AvgIpc) is 3.62. The molecule has 3 heterocycles. The standard InChI is InChI=1S/C38H24N2OS/c1-2-9-23(10-3-1)26-19-20-28-32(22-26)41-31-15-8-14-30(34(28)31)38-39-35(27-18-17-24-11-4-5-12-25(24)21-27)37-36(40-38)29-13-6-7-16-33(29)42-37/h1-22,36H,(H,39,40). The Kier molecular flexibility index (Phi) is 5.19. The van der Waals surface area contributed by atoms with Crippen LogP contribution in [-0.4, -0.2) is 5.84 Å². The predicted octanol–water partition coefficient (Wildman–Crippen LogP) is 9.97. The first-order chi connectivity index (χ1) is 20.8. The van der Waals surface area contributed by atoms with Gasteiger partial charge in [0.05, 0.1) is 11.7 Å². The van der Waals surface area contributed by atoms with Crippen LogP contribution in [0.15, 0.2) is 153 Å². The van der Waals surface area contributed by atoms with Crippen LogP contribution in [0.5, 0.6) is 0 Å². The Labute approximate surface area is 247 Å². The molecule has 0 spiro atoms. The highest BCUT2D eigenvalue weighted by molar-refractivity contribution is 8.03. The zero-order valence-corrected chi connectivity index (χ0v) is 23.4. The molecule has 42 heavy (non-hydrogen) atoms. The molecule has 0 bridgehead atoms. The SMILES string of the molecule is c1ccc(-c2ccc3c(c2)oc2cccc(C4=NC(c5ccc6ccccc6c5)=C5Sc6ccccc6C5N4)c23)cc1. The monoisotopic (exact) mass is 556 g/mol. The van der Waals surface area contributed by atoms with Crippen LogP contribution in [0, 0.1) is 0 Å². The second kappa shape index (κ2) is 9.23. The molecule has 7 aromatic rings. The van der Waals surface area contributed by atoms with Gasteiger partial charge in [0.25, 0.3) is 0 Å². The molecule has 198 valence electrons. The van der Waals surface area contributed by atoms with Crippen molar-refractivity contribution in [1.29, 1.82) is 0 Å². The average molecular weight is 557 g/mol. The summed E-state index contributed by atoms with van der Waals surface area (Å²) >= 11 is 1.82. The van der Waals surface area contributed by atoms with Crippen molar-refractivity contribution >= 4 is 56.0 Å². The predicted molar refractivity (Wildman–Crippen MR) is 175 cm³/mol. The maximum Gasteiger partial charge on any atom is 0.136 e. The maximum atomic E-state index is 6.45. The number of furan rings is 1. The van der Waals surface area contributed by atoms with Gasteiger partial charge in [0, 0.05) is 31.7 Å². The minimum atomic E-state index is 0.0401. The molecule has 1 unspecified atom stereocenters. The summed E-state index contributed by atoms with van der Waals surface area (Å²) < 4.78 is 6.45. The van der Waals surface area contributed by atoms with E-state index in [1.807, 2.05) is 17.8 Å². The van der Waals surface area contributed by atoms with Gasteiger partial charge in [-0.2, -0.15) is 0 Å². The first-order valence-corrected chi connectivity index (χ1v) is 15.0. The molecule has 1 N–H and O–H groups in total. The Morgan fingerprint density at radius 3 is 2.36 bits per heavy atom. The van der Waals surface area contributed by atoms with Crippen LogP contribution in [0.3, 0.4) is 0 Å².